The summed E-state index contributed by atoms with van der Waals surface area (Å²) >= 11 is 6.47. The van der Waals surface area contributed by atoms with Crippen molar-refractivity contribution >= 4 is 43.4 Å². The van der Waals surface area contributed by atoms with Gasteiger partial charge in [0.05, 0.1) is 38.0 Å². The quantitative estimate of drug-likeness (QED) is 0.243. The summed E-state index contributed by atoms with van der Waals surface area (Å²) < 4.78 is 11.5. The molecule has 11 heteroatoms. The molecule has 0 saturated carbocycles. The number of nitrogens with zero attached hydrogens (tertiary/aromatic N) is 2. The zero-order valence-electron chi connectivity index (χ0n) is 25.2. The fraction of sp³-hybridized carbons (Fsp3) is 0.531. The molecule has 2 N–H and O–H groups in total. The van der Waals surface area contributed by atoms with E-state index in [1.165, 1.54) is 7.11 Å². The van der Waals surface area contributed by atoms with Crippen molar-refractivity contribution in [2.24, 2.45) is 5.92 Å². The Morgan fingerprint density at radius 2 is 1.88 bits per heavy atom. The van der Waals surface area contributed by atoms with Crippen LogP contribution >= 0.6 is 11.6 Å². The molecule has 3 heterocycles. The molecule has 0 bridgehead atoms. The van der Waals surface area contributed by atoms with Crippen LogP contribution in [0.25, 0.3) is 0 Å². The Morgan fingerprint density at radius 1 is 1.16 bits per heavy atom. The highest BCUT2D eigenvalue weighted by atomic mass is 35.5. The Labute approximate surface area is 258 Å². The molecule has 2 amide bonds. The minimum atomic E-state index is -2.98. The average molecular weight is 629 g/mol. The number of carbonyl (C=O) groups excluding carboxylic acids is 3. The summed E-state index contributed by atoms with van der Waals surface area (Å²) in [6.07, 6.45) is 1.23. The number of ether oxygens (including phenoxy) is 2. The van der Waals surface area contributed by atoms with Gasteiger partial charge in [0.2, 0.25) is 5.91 Å². The number of unbranched alkanes of at least 4 members (excludes halogenated alkanes) is 1. The third kappa shape index (κ3) is 5.75. The molecule has 0 radical (unpaired) electrons. The minimum absolute atomic E-state index is 0.0191. The molecule has 1 fully saturated rings. The van der Waals surface area contributed by atoms with E-state index in [4.69, 9.17) is 21.1 Å². The minimum Gasteiger partial charge on any atom is -0.469 e. The normalized spacial score (nSPS) is 26.5. The van der Waals surface area contributed by atoms with Crippen molar-refractivity contribution in [3.63, 3.8) is 0 Å². The molecule has 43 heavy (non-hydrogen) atoms. The maximum absolute atomic E-state index is 14.4. The molecule has 232 valence electrons. The molecule has 1 spiro atoms. The van der Waals surface area contributed by atoms with Crippen LogP contribution in [-0.4, -0.2) is 73.3 Å². The first kappa shape index (κ1) is 31.7. The smallest absolute Gasteiger partial charge is 0.305 e. The van der Waals surface area contributed by atoms with Gasteiger partial charge >= 0.3 is 5.97 Å². The van der Waals surface area contributed by atoms with Crippen molar-refractivity contribution in [1.29, 1.82) is 0 Å². The van der Waals surface area contributed by atoms with E-state index in [9.17, 15) is 24.3 Å². The van der Waals surface area contributed by atoms with Crippen molar-refractivity contribution in [2.75, 3.05) is 25.2 Å². The number of carbonyl (C=O) groups is 3. The van der Waals surface area contributed by atoms with Crippen LogP contribution in [0.2, 0.25) is 23.7 Å². The SMILES string of the molecule is COC(=O)CCCCN1C(=O)[C@]2(O[C@H](CC(=O)N3Cc4ccccc4C[C@H]3CO)[C@@H]([Si](C)(C)O)[C@@H]2C)c2cc(Cl)ccc21. The summed E-state index contributed by atoms with van der Waals surface area (Å²) in [6, 6.07) is 12.9. The second kappa shape index (κ2) is 12.3. The molecule has 1 saturated heterocycles. The summed E-state index contributed by atoms with van der Waals surface area (Å²) in [5.41, 5.74) is 1.67. The number of fused-ring (bicyclic) bond motifs is 3. The lowest BCUT2D eigenvalue weighted by molar-refractivity contribution is -0.151. The second-order valence-corrected chi connectivity index (χ2v) is 17.0. The maximum Gasteiger partial charge on any atom is 0.305 e. The number of benzene rings is 2. The Morgan fingerprint density at radius 3 is 2.56 bits per heavy atom. The van der Waals surface area contributed by atoms with Gasteiger partial charge in [0.15, 0.2) is 13.9 Å². The number of esters is 1. The Bertz CT molecular complexity index is 1400. The molecule has 3 aliphatic heterocycles. The van der Waals surface area contributed by atoms with Crippen LogP contribution in [0, 0.1) is 5.92 Å². The number of amides is 2. The van der Waals surface area contributed by atoms with Crippen LogP contribution < -0.4 is 4.90 Å². The van der Waals surface area contributed by atoms with E-state index in [1.807, 2.05) is 50.3 Å². The standard InChI is InChI=1S/C32H41ClN2O7Si/c1-20-30(43(3,4)40)27(17-28(37)35-18-22-10-6-5-9-21(22)15-24(35)19-36)42-32(20)25-16-23(33)12-13-26(25)34(31(32)39)14-8-7-11-29(38)41-2/h5-6,9-10,12-13,16,20,24,27,30,36,40H,7-8,11,14-15,17-19H2,1-4H3/t20-,24-,27+,30-,32+/m0/s1. The molecule has 5 atom stereocenters. The predicted molar refractivity (Wildman–Crippen MR) is 165 cm³/mol. The molecule has 2 aromatic rings. The Balaban J connectivity index is 1.45. The number of anilines is 1. The van der Waals surface area contributed by atoms with Gasteiger partial charge in [-0.2, -0.15) is 0 Å². The molecule has 9 nitrogen and oxygen atoms in total. The van der Waals surface area contributed by atoms with Gasteiger partial charge in [-0.05, 0) is 61.7 Å². The van der Waals surface area contributed by atoms with Crippen LogP contribution in [0.15, 0.2) is 42.5 Å². The molecular formula is C32H41ClN2O7Si. The Hall–Kier alpha value is -2.76. The van der Waals surface area contributed by atoms with Crippen molar-refractivity contribution in [2.45, 2.75) is 82.0 Å². The molecule has 3 aliphatic rings. The zero-order valence-corrected chi connectivity index (χ0v) is 27.0. The van der Waals surface area contributed by atoms with Crippen molar-refractivity contribution in [1.82, 2.24) is 4.90 Å². The van der Waals surface area contributed by atoms with E-state index in [0.717, 1.165) is 11.1 Å². The number of rotatable bonds is 9. The highest BCUT2D eigenvalue weighted by molar-refractivity contribution is 6.71. The number of methoxy groups -OCH3 is 1. The number of hydrogen-bond donors (Lipinski definition) is 2. The molecule has 0 aliphatic carbocycles. The van der Waals surface area contributed by atoms with Crippen molar-refractivity contribution in [3.05, 3.63) is 64.2 Å². The average Bonchev–Trinajstić information content (AvgIpc) is 3.40. The van der Waals surface area contributed by atoms with E-state index in [0.29, 0.717) is 48.6 Å². The fourth-order valence-corrected chi connectivity index (χ4v) is 10.2. The summed E-state index contributed by atoms with van der Waals surface area (Å²) in [5, 5.41) is 10.6. The van der Waals surface area contributed by atoms with E-state index in [2.05, 4.69) is 0 Å². The van der Waals surface area contributed by atoms with E-state index < -0.39 is 31.5 Å². The highest BCUT2D eigenvalue weighted by Gasteiger charge is 2.66. The second-order valence-electron chi connectivity index (χ2n) is 12.5. The largest absolute Gasteiger partial charge is 0.469 e. The Kier molecular flexibility index (Phi) is 9.07. The summed E-state index contributed by atoms with van der Waals surface area (Å²) in [7, 11) is -1.62. The van der Waals surface area contributed by atoms with Crippen molar-refractivity contribution < 1.29 is 33.8 Å². The van der Waals surface area contributed by atoms with Crippen LogP contribution in [-0.2, 0) is 42.4 Å². The van der Waals surface area contributed by atoms with Crippen molar-refractivity contribution in [3.8, 4) is 0 Å². The van der Waals surface area contributed by atoms with Crippen LogP contribution in [0.4, 0.5) is 5.69 Å². The fourth-order valence-electron chi connectivity index (χ4n) is 7.44. The summed E-state index contributed by atoms with van der Waals surface area (Å²) in [4.78, 5) is 54.9. The van der Waals surface area contributed by atoms with Gasteiger partial charge in [-0.3, -0.25) is 14.4 Å². The van der Waals surface area contributed by atoms with Gasteiger partial charge in [0, 0.05) is 41.6 Å². The highest BCUT2D eigenvalue weighted by Crippen LogP contribution is 2.60. The molecular weight excluding hydrogens is 588 g/mol. The first-order valence-electron chi connectivity index (χ1n) is 15.0. The predicted octanol–water partition coefficient (Wildman–Crippen LogP) is 4.16. The summed E-state index contributed by atoms with van der Waals surface area (Å²) in [6.45, 7) is 6.17. The topological polar surface area (TPSA) is 117 Å². The van der Waals surface area contributed by atoms with Crippen LogP contribution in [0.3, 0.4) is 0 Å². The molecule has 0 unspecified atom stereocenters. The molecule has 5 rings (SSSR count). The number of hydrogen-bond acceptors (Lipinski definition) is 7. The lowest BCUT2D eigenvalue weighted by Crippen LogP contribution is -2.48. The van der Waals surface area contributed by atoms with Gasteiger partial charge in [0.25, 0.3) is 5.91 Å². The maximum atomic E-state index is 14.4. The van der Waals surface area contributed by atoms with Gasteiger partial charge in [-0.15, -0.1) is 0 Å². The monoisotopic (exact) mass is 628 g/mol. The van der Waals surface area contributed by atoms with E-state index in [-0.39, 0.29) is 43.3 Å². The first-order chi connectivity index (χ1) is 20.4. The number of halogens is 1. The third-order valence-corrected chi connectivity index (χ3v) is 12.2. The van der Waals surface area contributed by atoms with Gasteiger partial charge in [-0.25, -0.2) is 0 Å². The lowest BCUT2D eigenvalue weighted by Gasteiger charge is -2.37. The van der Waals surface area contributed by atoms with E-state index in [1.54, 1.807) is 21.9 Å². The van der Waals surface area contributed by atoms with Crippen LogP contribution in [0.5, 0.6) is 0 Å². The third-order valence-electron chi connectivity index (χ3n) is 9.45. The number of aliphatic hydroxyl groups excluding tert-OH is 1. The van der Waals surface area contributed by atoms with Gasteiger partial charge in [0.1, 0.15) is 0 Å². The lowest BCUT2D eigenvalue weighted by atomic mass is 9.82. The van der Waals surface area contributed by atoms with Gasteiger partial charge < -0.3 is 29.2 Å². The van der Waals surface area contributed by atoms with Crippen LogP contribution in [0.1, 0.15) is 49.3 Å². The number of aliphatic hydroxyl groups is 1. The molecule has 2 aromatic carbocycles. The first-order valence-corrected chi connectivity index (χ1v) is 18.4. The van der Waals surface area contributed by atoms with Gasteiger partial charge in [-0.1, -0.05) is 42.8 Å². The molecule has 0 aromatic heterocycles. The summed E-state index contributed by atoms with van der Waals surface area (Å²) in [5.74, 6) is -1.15. The zero-order chi connectivity index (χ0) is 31.1. The van der Waals surface area contributed by atoms with E-state index >= 15 is 0 Å².